The van der Waals surface area contributed by atoms with Crippen molar-refractivity contribution in [2.75, 3.05) is 15.4 Å². The molecule has 0 unspecified atom stereocenters. The molecule has 2 aromatic carbocycles. The fraction of sp³-hybridized carbons (Fsp3) is 0.136. The van der Waals surface area contributed by atoms with Crippen molar-refractivity contribution in [3.63, 3.8) is 0 Å². The normalized spacial score (nSPS) is 10.6. The zero-order valence-corrected chi connectivity index (χ0v) is 17.8. The van der Waals surface area contributed by atoms with Crippen molar-refractivity contribution < 1.29 is 8.42 Å². The minimum absolute atomic E-state index is 0.0556. The van der Waals surface area contributed by atoms with Gasteiger partial charge in [-0.2, -0.15) is 0 Å². The summed E-state index contributed by atoms with van der Waals surface area (Å²) < 4.78 is 27.7. The smallest absolute Gasteiger partial charge is 0.264 e. The first kappa shape index (κ1) is 21.1. The number of benzene rings is 2. The number of aromatic nitrogens is 2. The lowest BCUT2D eigenvalue weighted by molar-refractivity contribution is 0.601. The molecule has 8 heteroatoms. The van der Waals surface area contributed by atoms with Gasteiger partial charge in [-0.1, -0.05) is 23.9 Å². The largest absolute Gasteiger partial charge is 0.335 e. The van der Waals surface area contributed by atoms with Crippen LogP contribution in [0, 0.1) is 13.8 Å². The summed E-state index contributed by atoms with van der Waals surface area (Å²) in [4.78, 5) is 8.36. The van der Waals surface area contributed by atoms with Crippen molar-refractivity contribution in [2.24, 2.45) is 0 Å². The highest BCUT2D eigenvalue weighted by Crippen LogP contribution is 2.19. The van der Waals surface area contributed by atoms with Crippen molar-refractivity contribution >= 4 is 27.3 Å². The minimum Gasteiger partial charge on any atom is -0.335 e. The van der Waals surface area contributed by atoms with Gasteiger partial charge in [-0.05, 0) is 69.3 Å². The maximum atomic E-state index is 12.7. The third kappa shape index (κ3) is 5.70. The van der Waals surface area contributed by atoms with E-state index >= 15 is 0 Å². The number of hydrogen-bond acceptors (Lipinski definition) is 6. The first-order chi connectivity index (χ1) is 14.4. The summed E-state index contributed by atoms with van der Waals surface area (Å²) in [6.07, 6.45) is 1.78. The Kier molecular flexibility index (Phi) is 6.51. The van der Waals surface area contributed by atoms with Gasteiger partial charge in [0.25, 0.3) is 10.0 Å². The quantitative estimate of drug-likeness (QED) is 0.488. The molecule has 0 saturated carbocycles. The van der Waals surface area contributed by atoms with Crippen LogP contribution in [0.15, 0.2) is 83.2 Å². The average Bonchev–Trinajstić information content (AvgIpc) is 2.68. The van der Waals surface area contributed by atoms with Crippen molar-refractivity contribution in [1.82, 2.24) is 9.97 Å². The van der Waals surface area contributed by atoms with Crippen LogP contribution in [-0.4, -0.2) is 18.4 Å². The van der Waals surface area contributed by atoms with Crippen molar-refractivity contribution in [2.45, 2.75) is 25.7 Å². The van der Waals surface area contributed by atoms with Crippen LogP contribution in [0.25, 0.3) is 0 Å². The molecule has 30 heavy (non-hydrogen) atoms. The topological polar surface area (TPSA) is 96.0 Å². The molecule has 1 heterocycles. The summed E-state index contributed by atoms with van der Waals surface area (Å²) in [5, 5.41) is 6.43. The number of aryl methyl sites for hydroxylation is 2. The second-order valence-corrected chi connectivity index (χ2v) is 8.21. The SMILES string of the molecule is CC=C=C(Nc1ccccc1)Nc1ccc(S(=O)(=O)Nc2nc(C)cc(C)n2)cc1. The molecule has 3 N–H and O–H groups in total. The van der Waals surface area contributed by atoms with Gasteiger partial charge in [0.05, 0.1) is 4.90 Å². The summed E-state index contributed by atoms with van der Waals surface area (Å²) in [6, 6.07) is 17.9. The fourth-order valence-corrected chi connectivity index (χ4v) is 3.67. The van der Waals surface area contributed by atoms with Gasteiger partial charge in [0.15, 0.2) is 5.82 Å². The second-order valence-electron chi connectivity index (χ2n) is 6.53. The molecule has 7 nitrogen and oxygen atoms in total. The number of anilines is 3. The molecular weight excluding hydrogens is 398 g/mol. The van der Waals surface area contributed by atoms with E-state index in [9.17, 15) is 8.42 Å². The lowest BCUT2D eigenvalue weighted by Crippen LogP contribution is -2.16. The Balaban J connectivity index is 1.75. The molecule has 0 aliphatic carbocycles. The third-order valence-electron chi connectivity index (χ3n) is 3.97. The molecule has 0 amide bonds. The maximum absolute atomic E-state index is 12.7. The molecule has 0 fully saturated rings. The zero-order chi connectivity index (χ0) is 21.6. The third-order valence-corrected chi connectivity index (χ3v) is 5.32. The van der Waals surface area contributed by atoms with Gasteiger partial charge in [0, 0.05) is 22.8 Å². The van der Waals surface area contributed by atoms with Crippen LogP contribution in [0.2, 0.25) is 0 Å². The Hall–Kier alpha value is -3.61. The summed E-state index contributed by atoms with van der Waals surface area (Å²) in [5.74, 6) is 0.695. The van der Waals surface area contributed by atoms with E-state index in [4.69, 9.17) is 0 Å². The van der Waals surface area contributed by atoms with Crippen molar-refractivity contribution in [1.29, 1.82) is 0 Å². The van der Waals surface area contributed by atoms with Crippen LogP contribution < -0.4 is 15.4 Å². The van der Waals surface area contributed by atoms with Crippen LogP contribution in [0.3, 0.4) is 0 Å². The first-order valence-corrected chi connectivity index (χ1v) is 10.8. The summed E-state index contributed by atoms with van der Waals surface area (Å²) >= 11 is 0. The Morgan fingerprint density at radius 3 is 2.03 bits per heavy atom. The standard InChI is InChI=1S/C22H23N5O2S/c1-4-8-21(25-18-9-6-5-7-10-18)26-19-11-13-20(14-12-19)30(28,29)27-22-23-16(2)15-17(3)24-22/h4-7,9-15,25-26H,1-3H3,(H,23,24,27). The summed E-state index contributed by atoms with van der Waals surface area (Å²) in [5.41, 5.74) is 6.09. The average molecular weight is 422 g/mol. The molecule has 3 aromatic rings. The molecule has 0 atom stereocenters. The lowest BCUT2D eigenvalue weighted by atomic mass is 10.3. The van der Waals surface area contributed by atoms with Crippen molar-refractivity contribution in [3.8, 4) is 0 Å². The number of nitrogens with one attached hydrogen (secondary N) is 3. The molecular formula is C22H23N5O2S. The lowest BCUT2D eigenvalue weighted by Gasteiger charge is -2.12. The molecule has 0 aliphatic heterocycles. The summed E-state index contributed by atoms with van der Waals surface area (Å²) in [6.45, 7) is 5.43. The second kappa shape index (κ2) is 9.26. The van der Waals surface area contributed by atoms with Gasteiger partial charge >= 0.3 is 0 Å². The molecule has 1 aromatic heterocycles. The van der Waals surface area contributed by atoms with Crippen LogP contribution >= 0.6 is 0 Å². The molecule has 3 rings (SSSR count). The van der Waals surface area contributed by atoms with Crippen molar-refractivity contribution in [3.05, 3.63) is 89.7 Å². The van der Waals surface area contributed by atoms with E-state index in [0.717, 1.165) is 5.69 Å². The minimum atomic E-state index is -3.80. The monoisotopic (exact) mass is 421 g/mol. The van der Waals surface area contributed by atoms with Gasteiger partial charge in [-0.3, -0.25) is 0 Å². The number of hydrogen-bond donors (Lipinski definition) is 3. The number of para-hydroxylation sites is 1. The Labute approximate surface area is 176 Å². The molecule has 154 valence electrons. The predicted molar refractivity (Wildman–Crippen MR) is 120 cm³/mol. The van der Waals surface area contributed by atoms with Crippen LogP contribution in [0.5, 0.6) is 0 Å². The van der Waals surface area contributed by atoms with Gasteiger partial charge < -0.3 is 10.6 Å². The number of rotatable bonds is 7. The Morgan fingerprint density at radius 2 is 1.47 bits per heavy atom. The van der Waals surface area contributed by atoms with Gasteiger partial charge in [0.1, 0.15) is 0 Å². The highest BCUT2D eigenvalue weighted by atomic mass is 32.2. The molecule has 0 saturated heterocycles. The van der Waals surface area contributed by atoms with E-state index in [1.165, 1.54) is 12.1 Å². The molecule has 0 radical (unpaired) electrons. The van der Waals surface area contributed by atoms with Crippen LogP contribution in [-0.2, 0) is 10.0 Å². The van der Waals surface area contributed by atoms with E-state index in [1.807, 2.05) is 37.3 Å². The van der Waals surface area contributed by atoms with E-state index < -0.39 is 10.0 Å². The number of sulfonamides is 1. The van der Waals surface area contributed by atoms with E-state index in [0.29, 0.717) is 22.9 Å². The van der Waals surface area contributed by atoms with E-state index in [2.05, 4.69) is 31.1 Å². The van der Waals surface area contributed by atoms with E-state index in [1.54, 1.807) is 38.1 Å². The predicted octanol–water partition coefficient (Wildman–Crippen LogP) is 4.43. The molecule has 0 aliphatic rings. The van der Waals surface area contributed by atoms with Crippen LogP contribution in [0.4, 0.5) is 17.3 Å². The molecule has 0 bridgehead atoms. The summed E-state index contributed by atoms with van der Waals surface area (Å²) in [7, 11) is -3.80. The highest BCUT2D eigenvalue weighted by molar-refractivity contribution is 7.92. The molecule has 0 spiro atoms. The van der Waals surface area contributed by atoms with Gasteiger partial charge in [-0.15, -0.1) is 0 Å². The Morgan fingerprint density at radius 1 is 0.900 bits per heavy atom. The zero-order valence-electron chi connectivity index (χ0n) is 17.0. The number of nitrogens with zero attached hydrogens (tertiary/aromatic N) is 2. The van der Waals surface area contributed by atoms with E-state index in [-0.39, 0.29) is 10.8 Å². The Bertz CT molecular complexity index is 1160. The number of allylic oxidation sites excluding steroid dienone is 1. The first-order valence-electron chi connectivity index (χ1n) is 9.31. The van der Waals surface area contributed by atoms with Gasteiger partial charge in [0.2, 0.25) is 5.95 Å². The van der Waals surface area contributed by atoms with Gasteiger partial charge in [-0.25, -0.2) is 23.1 Å². The fourth-order valence-electron chi connectivity index (χ4n) is 2.73. The highest BCUT2D eigenvalue weighted by Gasteiger charge is 2.16. The maximum Gasteiger partial charge on any atom is 0.264 e. The van der Waals surface area contributed by atoms with Crippen LogP contribution in [0.1, 0.15) is 18.3 Å².